The minimum absolute atomic E-state index is 0.0407. The van der Waals surface area contributed by atoms with Gasteiger partial charge in [0.1, 0.15) is 42.5 Å². The molecule has 27 nitrogen and oxygen atoms in total. The number of rotatable bonds is 10. The van der Waals surface area contributed by atoms with Gasteiger partial charge in [-0.25, -0.2) is 8.42 Å². The molecule has 15 rings (SSSR count). The maximum absolute atomic E-state index is 14.8. The van der Waals surface area contributed by atoms with E-state index in [1.807, 2.05) is 26.0 Å². The lowest BCUT2D eigenvalue weighted by Gasteiger charge is -2.49. The minimum Gasteiger partial charge on any atom is -0.490 e. The van der Waals surface area contributed by atoms with Crippen LogP contribution >= 0.6 is 0 Å². The van der Waals surface area contributed by atoms with Crippen molar-refractivity contribution in [2.45, 2.75) is 140 Å². The number of benzene rings is 4. The zero-order valence-corrected chi connectivity index (χ0v) is 69.4. The lowest BCUT2D eigenvalue weighted by atomic mass is 9.63. The first-order chi connectivity index (χ1) is 54.9. The number of hydrogen-bond donors (Lipinski definition) is 4. The SMILES string of the molecule is COc1nn(C)cc1C(=O)NS1(=O)=NC(=O)c2ccc3c(c2)N(C[C@@H]2CC[C@H]2C(O)(CC(=O)N(C)C)/C=C/C[C@H](C)C1)C[C@@]1(CCCc2cc(C)ccc21)CO3.COc1nn(C)cc1C(=O)NS1(=O)=NC(=O)c2ccc3c(c2)N(C[C@@H]2CC[C@H]2C(O)(CC(=O)N2CCOCC2)/C=C/C[C@H](C)C1)C[C@@]1(CCCc2cc(C)ccc21)CO3. The molecule has 2 saturated carbocycles. The Kier molecular flexibility index (Phi) is 23.8. The highest BCUT2D eigenvalue weighted by molar-refractivity contribution is 7.92. The van der Waals surface area contributed by atoms with Crippen molar-refractivity contribution < 1.29 is 71.1 Å². The zero-order valence-electron chi connectivity index (χ0n) is 67.7. The maximum atomic E-state index is 14.8. The fourth-order valence-corrected chi connectivity index (χ4v) is 22.7. The number of allylic oxidation sites excluding steroid dienone is 2. The highest BCUT2D eigenvalue weighted by atomic mass is 32.2. The average molecular weight is 1620 g/mol. The lowest BCUT2D eigenvalue weighted by molar-refractivity contribution is -0.143. The first kappa shape index (κ1) is 82.1. The fourth-order valence-electron chi connectivity index (χ4n) is 18.9. The number of methoxy groups -OCH3 is 2. The number of aliphatic hydroxyl groups is 2. The Balaban J connectivity index is 0.000000190. The lowest BCUT2D eigenvalue weighted by Crippen LogP contribution is -2.54. The number of aromatic nitrogens is 4. The zero-order chi connectivity index (χ0) is 81.5. The summed E-state index contributed by atoms with van der Waals surface area (Å²) >= 11 is 0. The number of amides is 6. The van der Waals surface area contributed by atoms with Gasteiger partial charge in [-0.1, -0.05) is 85.7 Å². The Hall–Kier alpha value is -9.42. The van der Waals surface area contributed by atoms with Gasteiger partial charge in [-0.15, -0.1) is 18.9 Å². The summed E-state index contributed by atoms with van der Waals surface area (Å²) in [7, 11) is 1.97. The van der Waals surface area contributed by atoms with Crippen LogP contribution in [0, 0.1) is 49.4 Å². The summed E-state index contributed by atoms with van der Waals surface area (Å²) in [5, 5.41) is 33.5. The predicted octanol–water partition coefficient (Wildman–Crippen LogP) is 9.76. The third-order valence-corrected chi connectivity index (χ3v) is 29.0. The van der Waals surface area contributed by atoms with Crippen molar-refractivity contribution in [3.8, 4) is 23.3 Å². The van der Waals surface area contributed by atoms with Crippen LogP contribution in [0.15, 0.2) is 118 Å². The molecule has 4 N–H and O–H groups in total. The van der Waals surface area contributed by atoms with Gasteiger partial charge in [-0.2, -0.15) is 0 Å². The first-order valence-corrected chi connectivity index (χ1v) is 43.7. The average Bonchev–Trinajstić information content (AvgIpc) is 1.47. The van der Waals surface area contributed by atoms with Crippen LogP contribution in [0.2, 0.25) is 0 Å². The van der Waals surface area contributed by atoms with Crippen LogP contribution in [0.1, 0.15) is 166 Å². The molecule has 6 amide bonds. The van der Waals surface area contributed by atoms with Gasteiger partial charge in [0, 0.05) is 102 Å². The van der Waals surface area contributed by atoms with Crippen LogP contribution in [-0.2, 0) is 71.9 Å². The van der Waals surface area contributed by atoms with E-state index in [9.17, 15) is 47.4 Å². The van der Waals surface area contributed by atoms with E-state index in [4.69, 9.17) is 23.7 Å². The molecular formula is C86H110N12O15S2. The second kappa shape index (κ2) is 33.3. The molecule has 4 aromatic carbocycles. The molecule has 616 valence electrons. The summed E-state index contributed by atoms with van der Waals surface area (Å²) < 4.78 is 75.5. The van der Waals surface area contributed by atoms with Crippen LogP contribution in [0.25, 0.3) is 0 Å². The molecule has 115 heavy (non-hydrogen) atoms. The van der Waals surface area contributed by atoms with Gasteiger partial charge in [-0.05, 0) is 185 Å². The molecule has 12 atom stereocenters. The number of aryl methyl sites for hydroxylation is 6. The number of carbonyl (C=O) groups excluding carboxylic acids is 6. The standard InChI is InChI=1S/C44H56N6O8S.C42H54N6O7S/c1-29-9-12-35-31(21-29)8-6-15-43(35)27-50-24-33-10-13-36(33)44(54,23-39(51)49-17-19-57-20-18-49)16-5-7-30(2)26-59(55,47-41(53)34-25-48(3)45-42(34)56-4)46-40(52)32-11-14-38(58-28-43)37(50)22-32;1-27-11-14-33-29(19-27)10-8-17-41(33)25-48-22-31-12-15-34(31)42(52,21-37(49)46(3)4)18-7-9-28(2)24-56(53,45-39(51)32-23-47(5)43-40(32)54-6)44-38(50)30-13-16-36(55-26-41)35(48)20-30/h5,9,11-12,14,16,21-22,25,30,33,36,54H,6-8,10,13,15,17-20,23-24,26-28H2,1-4H3,(H,46,47,52,53,55);7,11,13-14,16,18-20,23,28,31,34,52H,8-10,12,15,17,21-22,24-26H2,1-6H3,(H,44,45,50,51,53)/b16-5+;18-7+/t30-,33-,36+,43-,44?,59?;28-,31-,34+,41-,42?,56?/m00/s1. The molecule has 2 spiro atoms. The van der Waals surface area contributed by atoms with Gasteiger partial charge >= 0.3 is 0 Å². The van der Waals surface area contributed by atoms with E-state index in [0.29, 0.717) is 101 Å². The van der Waals surface area contributed by atoms with Crippen molar-refractivity contribution in [3.63, 3.8) is 0 Å². The summed E-state index contributed by atoms with van der Waals surface area (Å²) in [4.78, 5) is 90.6. The monoisotopic (exact) mass is 1610 g/mol. The summed E-state index contributed by atoms with van der Waals surface area (Å²) in [6.07, 6.45) is 19.8. The smallest absolute Gasteiger partial charge is 0.286 e. The fraction of sp³-hybridized carbons (Fsp3) is 0.535. The van der Waals surface area contributed by atoms with Crippen molar-refractivity contribution in [2.24, 2.45) is 58.3 Å². The topological polar surface area (TPSA) is 321 Å². The number of hydrogen-bond acceptors (Lipinski definition) is 19. The quantitative estimate of drug-likeness (QED) is 0.0927. The van der Waals surface area contributed by atoms with Gasteiger partial charge in [0.2, 0.25) is 23.6 Å². The molecule has 7 heterocycles. The van der Waals surface area contributed by atoms with Crippen LogP contribution in [0.5, 0.6) is 23.3 Å². The Morgan fingerprint density at radius 1 is 0.617 bits per heavy atom. The summed E-state index contributed by atoms with van der Waals surface area (Å²) in [5.74, 6) is -3.21. The number of anilines is 2. The van der Waals surface area contributed by atoms with Crippen molar-refractivity contribution in [1.82, 2.24) is 38.8 Å². The van der Waals surface area contributed by atoms with E-state index < -0.39 is 54.7 Å². The molecule has 2 aromatic heterocycles. The van der Waals surface area contributed by atoms with E-state index in [-0.39, 0.29) is 117 Å². The maximum Gasteiger partial charge on any atom is 0.286 e. The van der Waals surface area contributed by atoms with Gasteiger partial charge in [0.05, 0.1) is 87.6 Å². The van der Waals surface area contributed by atoms with Crippen molar-refractivity contribution >= 4 is 66.6 Å². The number of nitrogens with one attached hydrogen (secondary N) is 2. The second-order valence-electron chi connectivity index (χ2n) is 34.0. The molecule has 4 unspecified atom stereocenters. The minimum atomic E-state index is -3.73. The van der Waals surface area contributed by atoms with E-state index in [0.717, 1.165) is 64.2 Å². The van der Waals surface area contributed by atoms with Gasteiger partial charge in [-0.3, -0.25) is 47.6 Å². The van der Waals surface area contributed by atoms with Crippen LogP contribution in [0.3, 0.4) is 0 Å². The Morgan fingerprint density at radius 2 is 1.06 bits per heavy atom. The number of morpholine rings is 1. The van der Waals surface area contributed by atoms with E-state index in [2.05, 4.69) is 88.4 Å². The number of nitrogens with zero attached hydrogens (tertiary/aromatic N) is 10. The van der Waals surface area contributed by atoms with E-state index >= 15 is 0 Å². The van der Waals surface area contributed by atoms with Gasteiger partial charge in [0.25, 0.3) is 23.6 Å². The van der Waals surface area contributed by atoms with E-state index in [1.54, 1.807) is 81.6 Å². The van der Waals surface area contributed by atoms with Crippen LogP contribution in [0.4, 0.5) is 11.4 Å². The predicted molar refractivity (Wildman–Crippen MR) is 437 cm³/mol. The molecular weight excluding hydrogens is 1510 g/mol. The third-order valence-electron chi connectivity index (χ3n) is 25.1. The second-order valence-corrected chi connectivity index (χ2v) is 38.0. The van der Waals surface area contributed by atoms with Gasteiger partial charge in [0.15, 0.2) is 0 Å². The highest BCUT2D eigenvalue weighted by Gasteiger charge is 2.52. The number of fused-ring (bicyclic) bond motifs is 8. The highest BCUT2D eigenvalue weighted by Crippen LogP contribution is 2.52. The molecule has 1 saturated heterocycles. The molecule has 5 aliphatic heterocycles. The summed E-state index contributed by atoms with van der Waals surface area (Å²) in [5.41, 5.74) is 6.07. The van der Waals surface area contributed by atoms with Crippen molar-refractivity contribution in [2.75, 3.05) is 115 Å². The normalized spacial score (nSPS) is 29.8. The third kappa shape index (κ3) is 17.5. The molecule has 4 bridgehead atoms. The summed E-state index contributed by atoms with van der Waals surface area (Å²) in [6.45, 7) is 13.1. The Labute approximate surface area is 674 Å². The Bertz CT molecular complexity index is 5090. The molecule has 6 aromatic rings. The molecule has 0 radical (unpaired) electrons. The Morgan fingerprint density at radius 3 is 1.48 bits per heavy atom. The van der Waals surface area contributed by atoms with Gasteiger partial charge < -0.3 is 53.5 Å². The van der Waals surface area contributed by atoms with Crippen molar-refractivity contribution in [1.29, 1.82) is 0 Å². The molecule has 9 aliphatic rings. The molecule has 3 fully saturated rings. The molecule has 4 aliphatic carbocycles. The number of ether oxygens (including phenoxy) is 5. The van der Waals surface area contributed by atoms with E-state index in [1.165, 1.54) is 74.3 Å². The van der Waals surface area contributed by atoms with Crippen molar-refractivity contribution in [3.05, 3.63) is 165 Å². The first-order valence-electron chi connectivity index (χ1n) is 40.3. The largest absolute Gasteiger partial charge is 0.490 e. The summed E-state index contributed by atoms with van der Waals surface area (Å²) in [6, 6.07) is 23.7. The van der Waals surface area contributed by atoms with Crippen LogP contribution < -0.4 is 38.2 Å². The number of carbonyl (C=O) groups is 6. The molecule has 29 heteroatoms. The van der Waals surface area contributed by atoms with Crippen LogP contribution in [-0.4, -0.2) is 200 Å².